The predicted molar refractivity (Wildman–Crippen MR) is 46.9 cm³/mol. The summed E-state index contributed by atoms with van der Waals surface area (Å²) in [7, 11) is 0. The maximum absolute atomic E-state index is 12.7. The Bertz CT molecular complexity index is 513. The van der Waals surface area contributed by atoms with Gasteiger partial charge in [-0.05, 0) is 18.2 Å². The standard InChI is InChI=1S/C9H6FNO2/c10-5-1-2-8-6(3-5)9(12)7(11)4-13-8/h1-4H,11H2. The number of anilines is 1. The third kappa shape index (κ3) is 1.16. The molecule has 0 spiro atoms. The Morgan fingerprint density at radius 3 is 2.92 bits per heavy atom. The molecule has 0 saturated heterocycles. The maximum Gasteiger partial charge on any atom is 0.215 e. The summed E-state index contributed by atoms with van der Waals surface area (Å²) in [4.78, 5) is 11.3. The van der Waals surface area contributed by atoms with Crippen molar-refractivity contribution in [2.75, 3.05) is 5.73 Å². The highest BCUT2D eigenvalue weighted by Gasteiger charge is 2.04. The Morgan fingerprint density at radius 1 is 1.38 bits per heavy atom. The largest absolute Gasteiger partial charge is 0.462 e. The molecule has 0 saturated carbocycles. The molecule has 1 heterocycles. The Kier molecular flexibility index (Phi) is 1.55. The van der Waals surface area contributed by atoms with Gasteiger partial charge in [-0.25, -0.2) is 4.39 Å². The van der Waals surface area contributed by atoms with Gasteiger partial charge in [-0.2, -0.15) is 0 Å². The van der Waals surface area contributed by atoms with Crippen molar-refractivity contribution in [2.24, 2.45) is 0 Å². The smallest absolute Gasteiger partial charge is 0.215 e. The fraction of sp³-hybridized carbons (Fsp3) is 0. The highest BCUT2D eigenvalue weighted by atomic mass is 19.1. The van der Waals surface area contributed by atoms with Gasteiger partial charge in [0.1, 0.15) is 23.4 Å². The molecule has 0 radical (unpaired) electrons. The third-order valence-corrected chi connectivity index (χ3v) is 1.76. The van der Waals surface area contributed by atoms with E-state index in [0.29, 0.717) is 5.58 Å². The molecule has 3 nitrogen and oxygen atoms in total. The SMILES string of the molecule is Nc1coc2ccc(F)cc2c1=O. The van der Waals surface area contributed by atoms with Crippen molar-refractivity contribution < 1.29 is 8.81 Å². The first-order valence-corrected chi connectivity index (χ1v) is 3.65. The molecule has 0 aliphatic rings. The first kappa shape index (κ1) is 7.79. The molecule has 2 rings (SSSR count). The molecule has 0 fully saturated rings. The lowest BCUT2D eigenvalue weighted by molar-refractivity contribution is 0.598. The number of rotatable bonds is 0. The van der Waals surface area contributed by atoms with Crippen LogP contribution in [0.25, 0.3) is 11.0 Å². The Balaban J connectivity index is 2.97. The van der Waals surface area contributed by atoms with Crippen LogP contribution in [-0.2, 0) is 0 Å². The van der Waals surface area contributed by atoms with Crippen LogP contribution >= 0.6 is 0 Å². The summed E-state index contributed by atoms with van der Waals surface area (Å²) >= 11 is 0. The van der Waals surface area contributed by atoms with Gasteiger partial charge in [-0.1, -0.05) is 0 Å². The second kappa shape index (κ2) is 2.58. The molecule has 0 amide bonds. The Morgan fingerprint density at radius 2 is 2.15 bits per heavy atom. The van der Waals surface area contributed by atoms with Crippen LogP contribution in [0.15, 0.2) is 33.7 Å². The van der Waals surface area contributed by atoms with Gasteiger partial charge in [0.25, 0.3) is 0 Å². The number of hydrogen-bond acceptors (Lipinski definition) is 3. The van der Waals surface area contributed by atoms with Crippen LogP contribution in [-0.4, -0.2) is 0 Å². The first-order chi connectivity index (χ1) is 6.18. The number of benzene rings is 1. The van der Waals surface area contributed by atoms with Crippen molar-refractivity contribution in [3.63, 3.8) is 0 Å². The number of hydrogen-bond donors (Lipinski definition) is 1. The number of nitrogen functional groups attached to an aromatic ring is 1. The molecule has 0 atom stereocenters. The van der Waals surface area contributed by atoms with Gasteiger partial charge in [0.05, 0.1) is 5.39 Å². The van der Waals surface area contributed by atoms with Crippen molar-refractivity contribution in [3.8, 4) is 0 Å². The second-order valence-corrected chi connectivity index (χ2v) is 2.66. The van der Waals surface area contributed by atoms with E-state index in [2.05, 4.69) is 0 Å². The second-order valence-electron chi connectivity index (χ2n) is 2.66. The summed E-state index contributed by atoms with van der Waals surface area (Å²) < 4.78 is 17.7. The molecule has 1 aromatic carbocycles. The molecule has 2 N–H and O–H groups in total. The van der Waals surface area contributed by atoms with Crippen LogP contribution in [0.3, 0.4) is 0 Å². The van der Waals surface area contributed by atoms with E-state index in [-0.39, 0.29) is 11.1 Å². The van der Waals surface area contributed by atoms with E-state index >= 15 is 0 Å². The van der Waals surface area contributed by atoms with E-state index < -0.39 is 11.2 Å². The van der Waals surface area contributed by atoms with E-state index in [4.69, 9.17) is 10.2 Å². The number of nitrogens with two attached hydrogens (primary N) is 1. The minimum atomic E-state index is -0.481. The molecule has 0 unspecified atom stereocenters. The van der Waals surface area contributed by atoms with E-state index in [0.717, 1.165) is 12.3 Å². The van der Waals surface area contributed by atoms with Crippen LogP contribution in [0.1, 0.15) is 0 Å². The van der Waals surface area contributed by atoms with Crippen LogP contribution in [0.5, 0.6) is 0 Å². The summed E-state index contributed by atoms with van der Waals surface area (Å²) in [5, 5.41) is 0.167. The molecular weight excluding hydrogens is 173 g/mol. The fourth-order valence-corrected chi connectivity index (χ4v) is 1.12. The normalized spacial score (nSPS) is 10.5. The summed E-state index contributed by atoms with van der Waals surface area (Å²) in [6, 6.07) is 3.73. The van der Waals surface area contributed by atoms with Gasteiger partial charge in [-0.3, -0.25) is 4.79 Å². The lowest BCUT2D eigenvalue weighted by atomic mass is 10.2. The molecule has 0 aliphatic heterocycles. The molecule has 66 valence electrons. The summed E-state index contributed by atoms with van der Waals surface area (Å²) in [5.41, 5.74) is 5.22. The molecule has 0 bridgehead atoms. The molecule has 4 heteroatoms. The van der Waals surface area contributed by atoms with Crippen molar-refractivity contribution in [3.05, 3.63) is 40.5 Å². The zero-order valence-electron chi connectivity index (χ0n) is 6.58. The number of fused-ring (bicyclic) bond motifs is 1. The minimum Gasteiger partial charge on any atom is -0.462 e. The number of halogens is 1. The maximum atomic E-state index is 12.7. The first-order valence-electron chi connectivity index (χ1n) is 3.65. The van der Waals surface area contributed by atoms with Gasteiger partial charge >= 0.3 is 0 Å². The zero-order chi connectivity index (χ0) is 9.42. The van der Waals surface area contributed by atoms with E-state index in [1.54, 1.807) is 0 Å². The fourth-order valence-electron chi connectivity index (χ4n) is 1.12. The van der Waals surface area contributed by atoms with E-state index in [1.807, 2.05) is 0 Å². The van der Waals surface area contributed by atoms with Gasteiger partial charge in [-0.15, -0.1) is 0 Å². The highest BCUT2D eigenvalue weighted by Crippen LogP contribution is 2.13. The van der Waals surface area contributed by atoms with Gasteiger partial charge in [0.15, 0.2) is 0 Å². The molecule has 2 aromatic rings. The van der Waals surface area contributed by atoms with Crippen molar-refractivity contribution >= 4 is 16.7 Å². The van der Waals surface area contributed by atoms with Crippen LogP contribution in [0.2, 0.25) is 0 Å². The Labute approximate surface area is 72.6 Å². The minimum absolute atomic E-state index is 0.0156. The highest BCUT2D eigenvalue weighted by molar-refractivity contribution is 5.78. The zero-order valence-corrected chi connectivity index (χ0v) is 6.58. The molecular formula is C9H6FNO2. The lowest BCUT2D eigenvalue weighted by Crippen LogP contribution is -2.07. The third-order valence-electron chi connectivity index (χ3n) is 1.76. The molecule has 13 heavy (non-hydrogen) atoms. The molecule has 1 aromatic heterocycles. The molecule has 0 aliphatic carbocycles. The quantitative estimate of drug-likeness (QED) is 0.666. The van der Waals surface area contributed by atoms with Crippen molar-refractivity contribution in [1.82, 2.24) is 0 Å². The summed E-state index contributed by atoms with van der Waals surface area (Å²) in [6.07, 6.45) is 1.16. The van der Waals surface area contributed by atoms with Crippen LogP contribution in [0, 0.1) is 5.82 Å². The van der Waals surface area contributed by atoms with Crippen molar-refractivity contribution in [1.29, 1.82) is 0 Å². The van der Waals surface area contributed by atoms with Crippen molar-refractivity contribution in [2.45, 2.75) is 0 Å². The lowest BCUT2D eigenvalue weighted by Gasteiger charge is -1.96. The summed E-state index contributed by atoms with van der Waals surface area (Å²) in [6.45, 7) is 0. The predicted octanol–water partition coefficient (Wildman–Crippen LogP) is 1.51. The topological polar surface area (TPSA) is 56.2 Å². The summed E-state index contributed by atoms with van der Waals surface area (Å²) in [5.74, 6) is -0.481. The average Bonchev–Trinajstić information content (AvgIpc) is 2.12. The van der Waals surface area contributed by atoms with Gasteiger partial charge < -0.3 is 10.2 Å². The Hall–Kier alpha value is -1.84. The van der Waals surface area contributed by atoms with Crippen LogP contribution < -0.4 is 11.2 Å². The van der Waals surface area contributed by atoms with Gasteiger partial charge in [0, 0.05) is 0 Å². The monoisotopic (exact) mass is 179 g/mol. The van der Waals surface area contributed by atoms with Gasteiger partial charge in [0.2, 0.25) is 5.43 Å². The van der Waals surface area contributed by atoms with E-state index in [1.165, 1.54) is 12.1 Å². The van der Waals surface area contributed by atoms with Crippen LogP contribution in [0.4, 0.5) is 10.1 Å². The van der Waals surface area contributed by atoms with E-state index in [9.17, 15) is 9.18 Å². The average molecular weight is 179 g/mol.